The summed E-state index contributed by atoms with van der Waals surface area (Å²) in [7, 11) is 1.65. The maximum absolute atomic E-state index is 5.18. The fourth-order valence-electron chi connectivity index (χ4n) is 1.85. The lowest BCUT2D eigenvalue weighted by molar-refractivity contribution is 0.204. The standard InChI is InChI=1S/C16H20N4OS/c1-12-4-3-5-13(10-12)19-15-7-6-14(11-18-15)20-16(22)17-8-9-21-2/h3-7,10-11H,8-9H2,1-2H3,(H,18,19)(H2,17,20,22). The van der Waals surface area contributed by atoms with Crippen molar-refractivity contribution in [3.63, 3.8) is 0 Å². The Labute approximate surface area is 136 Å². The first-order chi connectivity index (χ1) is 10.7. The van der Waals surface area contributed by atoms with E-state index in [1.165, 1.54) is 5.56 Å². The minimum Gasteiger partial charge on any atom is -0.383 e. The van der Waals surface area contributed by atoms with Crippen molar-refractivity contribution >= 4 is 34.5 Å². The number of rotatable bonds is 6. The average Bonchev–Trinajstić information content (AvgIpc) is 2.50. The van der Waals surface area contributed by atoms with E-state index in [4.69, 9.17) is 17.0 Å². The number of nitrogens with zero attached hydrogens (tertiary/aromatic N) is 1. The van der Waals surface area contributed by atoms with Gasteiger partial charge in [0.2, 0.25) is 0 Å². The number of ether oxygens (including phenoxy) is 1. The SMILES string of the molecule is COCCNC(=S)Nc1ccc(Nc2cccc(C)c2)nc1. The first kappa shape index (κ1) is 16.2. The summed E-state index contributed by atoms with van der Waals surface area (Å²) in [6.07, 6.45) is 1.74. The zero-order valence-electron chi connectivity index (χ0n) is 12.7. The summed E-state index contributed by atoms with van der Waals surface area (Å²) in [6, 6.07) is 12.0. The highest BCUT2D eigenvalue weighted by atomic mass is 32.1. The Hall–Kier alpha value is -2.18. The van der Waals surface area contributed by atoms with Crippen molar-refractivity contribution in [1.29, 1.82) is 0 Å². The molecule has 5 nitrogen and oxygen atoms in total. The van der Waals surface area contributed by atoms with E-state index in [-0.39, 0.29) is 0 Å². The van der Waals surface area contributed by atoms with Crippen molar-refractivity contribution in [2.45, 2.75) is 6.92 Å². The zero-order chi connectivity index (χ0) is 15.8. The van der Waals surface area contributed by atoms with Crippen molar-refractivity contribution < 1.29 is 4.74 Å². The van der Waals surface area contributed by atoms with Crippen LogP contribution in [0, 0.1) is 6.92 Å². The summed E-state index contributed by atoms with van der Waals surface area (Å²) < 4.78 is 4.95. The van der Waals surface area contributed by atoms with Gasteiger partial charge in [-0.15, -0.1) is 0 Å². The van der Waals surface area contributed by atoms with Crippen LogP contribution in [-0.2, 0) is 4.74 Å². The van der Waals surface area contributed by atoms with Crippen LogP contribution in [0.3, 0.4) is 0 Å². The Morgan fingerprint density at radius 2 is 2.09 bits per heavy atom. The molecule has 1 aromatic heterocycles. The molecule has 0 saturated carbocycles. The van der Waals surface area contributed by atoms with Gasteiger partial charge in [0.1, 0.15) is 5.82 Å². The van der Waals surface area contributed by atoms with E-state index in [0.29, 0.717) is 18.3 Å². The summed E-state index contributed by atoms with van der Waals surface area (Å²) in [4.78, 5) is 4.37. The summed E-state index contributed by atoms with van der Waals surface area (Å²) >= 11 is 5.18. The smallest absolute Gasteiger partial charge is 0.170 e. The maximum Gasteiger partial charge on any atom is 0.170 e. The monoisotopic (exact) mass is 316 g/mol. The highest BCUT2D eigenvalue weighted by Gasteiger charge is 2.00. The lowest BCUT2D eigenvalue weighted by Crippen LogP contribution is -2.31. The fourth-order valence-corrected chi connectivity index (χ4v) is 2.07. The molecule has 2 rings (SSSR count). The fraction of sp³-hybridized carbons (Fsp3) is 0.250. The Morgan fingerprint density at radius 1 is 1.23 bits per heavy atom. The topological polar surface area (TPSA) is 58.2 Å². The molecule has 116 valence electrons. The van der Waals surface area contributed by atoms with Gasteiger partial charge >= 0.3 is 0 Å². The van der Waals surface area contributed by atoms with Crippen molar-refractivity contribution in [2.24, 2.45) is 0 Å². The first-order valence-electron chi connectivity index (χ1n) is 7.01. The van der Waals surface area contributed by atoms with Crippen molar-refractivity contribution in [3.8, 4) is 0 Å². The number of aromatic nitrogens is 1. The van der Waals surface area contributed by atoms with Gasteiger partial charge in [-0.3, -0.25) is 0 Å². The third kappa shape index (κ3) is 5.31. The van der Waals surface area contributed by atoms with Crippen LogP contribution in [-0.4, -0.2) is 30.4 Å². The number of thiocarbonyl (C=S) groups is 1. The van der Waals surface area contributed by atoms with Gasteiger partial charge in [-0.25, -0.2) is 4.98 Å². The predicted octanol–water partition coefficient (Wildman–Crippen LogP) is 3.07. The van der Waals surface area contributed by atoms with Crippen LogP contribution in [0.1, 0.15) is 5.56 Å². The van der Waals surface area contributed by atoms with Gasteiger partial charge in [0.05, 0.1) is 18.5 Å². The van der Waals surface area contributed by atoms with Gasteiger partial charge in [0.15, 0.2) is 5.11 Å². The second kappa shape index (κ2) is 8.31. The molecule has 0 aliphatic rings. The molecule has 0 amide bonds. The molecule has 0 bridgehead atoms. The quantitative estimate of drug-likeness (QED) is 0.562. The summed E-state index contributed by atoms with van der Waals surface area (Å²) in [5.41, 5.74) is 3.06. The first-order valence-corrected chi connectivity index (χ1v) is 7.42. The van der Waals surface area contributed by atoms with E-state index >= 15 is 0 Å². The largest absolute Gasteiger partial charge is 0.383 e. The number of hydrogen-bond donors (Lipinski definition) is 3. The van der Waals surface area contributed by atoms with Crippen LogP contribution in [0.4, 0.5) is 17.2 Å². The van der Waals surface area contributed by atoms with E-state index in [1.54, 1.807) is 13.3 Å². The van der Waals surface area contributed by atoms with E-state index in [2.05, 4.69) is 40.0 Å². The van der Waals surface area contributed by atoms with Crippen LogP contribution >= 0.6 is 12.2 Å². The van der Waals surface area contributed by atoms with E-state index < -0.39 is 0 Å². The van der Waals surface area contributed by atoms with Gasteiger partial charge in [-0.05, 0) is 49.0 Å². The Bertz CT molecular complexity index is 616. The van der Waals surface area contributed by atoms with Gasteiger partial charge in [0.25, 0.3) is 0 Å². The van der Waals surface area contributed by atoms with E-state index in [1.807, 2.05) is 24.3 Å². The summed E-state index contributed by atoms with van der Waals surface area (Å²) in [6.45, 7) is 3.34. The van der Waals surface area contributed by atoms with Crippen LogP contribution in [0.15, 0.2) is 42.6 Å². The number of hydrogen-bond acceptors (Lipinski definition) is 4. The molecular formula is C16H20N4OS. The van der Waals surface area contributed by atoms with Gasteiger partial charge in [-0.2, -0.15) is 0 Å². The molecule has 0 spiro atoms. The molecular weight excluding hydrogens is 296 g/mol. The molecule has 0 aliphatic carbocycles. The van der Waals surface area contributed by atoms with Crippen LogP contribution < -0.4 is 16.0 Å². The molecule has 0 radical (unpaired) electrons. The molecule has 0 atom stereocenters. The normalized spacial score (nSPS) is 10.1. The van der Waals surface area contributed by atoms with Crippen molar-refractivity contribution in [2.75, 3.05) is 30.9 Å². The molecule has 1 aromatic carbocycles. The molecule has 2 aromatic rings. The second-order valence-corrected chi connectivity index (χ2v) is 5.21. The van der Waals surface area contributed by atoms with Gasteiger partial charge < -0.3 is 20.7 Å². The molecule has 0 saturated heterocycles. The van der Waals surface area contributed by atoms with Crippen molar-refractivity contribution in [1.82, 2.24) is 10.3 Å². The van der Waals surface area contributed by atoms with E-state index in [9.17, 15) is 0 Å². The third-order valence-electron chi connectivity index (χ3n) is 2.90. The number of nitrogens with one attached hydrogen (secondary N) is 3. The molecule has 0 unspecified atom stereocenters. The number of benzene rings is 1. The maximum atomic E-state index is 5.18. The Morgan fingerprint density at radius 3 is 2.77 bits per heavy atom. The summed E-state index contributed by atoms with van der Waals surface area (Å²) in [5.74, 6) is 0.786. The average molecular weight is 316 g/mol. The minimum absolute atomic E-state index is 0.554. The molecule has 6 heteroatoms. The van der Waals surface area contributed by atoms with Crippen molar-refractivity contribution in [3.05, 3.63) is 48.2 Å². The number of anilines is 3. The Kier molecular flexibility index (Phi) is 6.12. The van der Waals surface area contributed by atoms with Gasteiger partial charge in [-0.1, -0.05) is 12.1 Å². The number of methoxy groups -OCH3 is 1. The lowest BCUT2D eigenvalue weighted by Gasteiger charge is -2.11. The molecule has 22 heavy (non-hydrogen) atoms. The van der Waals surface area contributed by atoms with Crippen LogP contribution in [0.2, 0.25) is 0 Å². The molecule has 1 heterocycles. The molecule has 3 N–H and O–H groups in total. The lowest BCUT2D eigenvalue weighted by atomic mass is 10.2. The highest BCUT2D eigenvalue weighted by molar-refractivity contribution is 7.80. The Balaban J connectivity index is 1.88. The van der Waals surface area contributed by atoms with Crippen LogP contribution in [0.25, 0.3) is 0 Å². The van der Waals surface area contributed by atoms with E-state index in [0.717, 1.165) is 17.2 Å². The summed E-state index contributed by atoms with van der Waals surface area (Å²) in [5, 5.41) is 9.94. The second-order valence-electron chi connectivity index (χ2n) is 4.80. The predicted molar refractivity (Wildman–Crippen MR) is 94.8 cm³/mol. The zero-order valence-corrected chi connectivity index (χ0v) is 13.5. The molecule has 0 fully saturated rings. The molecule has 0 aliphatic heterocycles. The number of pyridine rings is 1. The highest BCUT2D eigenvalue weighted by Crippen LogP contribution is 2.17. The minimum atomic E-state index is 0.554. The van der Waals surface area contributed by atoms with Crippen LogP contribution in [0.5, 0.6) is 0 Å². The number of aryl methyl sites for hydroxylation is 1. The van der Waals surface area contributed by atoms with Gasteiger partial charge in [0, 0.05) is 19.3 Å². The third-order valence-corrected chi connectivity index (χ3v) is 3.15.